The minimum atomic E-state index is 0.854. The van der Waals surface area contributed by atoms with E-state index in [2.05, 4.69) is 12.2 Å². The van der Waals surface area contributed by atoms with E-state index in [1.807, 2.05) is 0 Å². The lowest BCUT2D eigenvalue weighted by Gasteiger charge is -2.23. The van der Waals surface area contributed by atoms with Crippen LogP contribution in [0.5, 0.6) is 0 Å². The molecule has 0 radical (unpaired) electrons. The molecule has 82 valence electrons. The first-order valence-electron chi connectivity index (χ1n) is 6.58. The maximum absolute atomic E-state index is 3.78. The second-order valence-electron chi connectivity index (χ2n) is 5.53. The van der Waals surface area contributed by atoms with Crippen molar-refractivity contribution in [2.75, 3.05) is 6.54 Å². The van der Waals surface area contributed by atoms with Gasteiger partial charge in [-0.3, -0.25) is 0 Å². The van der Waals surface area contributed by atoms with Crippen LogP contribution in [-0.4, -0.2) is 12.6 Å². The second-order valence-corrected chi connectivity index (χ2v) is 5.53. The molecule has 2 atom stereocenters. The molecule has 2 rings (SSSR count). The van der Waals surface area contributed by atoms with Gasteiger partial charge in [-0.15, -0.1) is 0 Å². The Hall–Kier alpha value is -0.0400. The average Bonchev–Trinajstić information content (AvgIpc) is 2.63. The lowest BCUT2D eigenvalue weighted by atomic mass is 9.89. The fraction of sp³-hybridized carbons (Fsp3) is 1.00. The summed E-state index contributed by atoms with van der Waals surface area (Å²) in [4.78, 5) is 0. The van der Waals surface area contributed by atoms with Crippen molar-refractivity contribution < 1.29 is 0 Å². The van der Waals surface area contributed by atoms with Crippen LogP contribution in [-0.2, 0) is 0 Å². The first-order valence-corrected chi connectivity index (χ1v) is 6.58. The molecule has 1 heteroatoms. The normalized spacial score (nSPS) is 34.9. The van der Waals surface area contributed by atoms with Gasteiger partial charge in [0, 0.05) is 6.04 Å². The van der Waals surface area contributed by atoms with Gasteiger partial charge in [0.1, 0.15) is 0 Å². The largest absolute Gasteiger partial charge is 0.314 e. The summed E-state index contributed by atoms with van der Waals surface area (Å²) in [6, 6.07) is 0.854. The Morgan fingerprint density at radius 3 is 2.43 bits per heavy atom. The molecule has 0 amide bonds. The van der Waals surface area contributed by atoms with Gasteiger partial charge < -0.3 is 5.32 Å². The zero-order valence-corrected chi connectivity index (χ0v) is 9.60. The summed E-state index contributed by atoms with van der Waals surface area (Å²) in [5.74, 6) is 1.97. The zero-order chi connectivity index (χ0) is 9.80. The van der Waals surface area contributed by atoms with E-state index in [1.54, 1.807) is 0 Å². The Morgan fingerprint density at radius 2 is 1.79 bits per heavy atom. The highest BCUT2D eigenvalue weighted by molar-refractivity contribution is 4.79. The van der Waals surface area contributed by atoms with E-state index in [1.165, 1.54) is 57.9 Å². The third-order valence-electron chi connectivity index (χ3n) is 4.11. The predicted molar refractivity (Wildman–Crippen MR) is 61.4 cm³/mol. The van der Waals surface area contributed by atoms with Crippen LogP contribution in [0.3, 0.4) is 0 Å². The predicted octanol–water partition coefficient (Wildman–Crippen LogP) is 3.34. The van der Waals surface area contributed by atoms with Gasteiger partial charge in [-0.25, -0.2) is 0 Å². The van der Waals surface area contributed by atoms with Gasteiger partial charge in [-0.05, 0) is 50.5 Å². The van der Waals surface area contributed by atoms with Crippen LogP contribution in [0.4, 0.5) is 0 Å². The molecular weight excluding hydrogens is 170 g/mol. The van der Waals surface area contributed by atoms with Crippen LogP contribution in [0.15, 0.2) is 0 Å². The third-order valence-corrected chi connectivity index (χ3v) is 4.11. The van der Waals surface area contributed by atoms with E-state index in [0.29, 0.717) is 0 Å². The van der Waals surface area contributed by atoms with Gasteiger partial charge in [-0.2, -0.15) is 0 Å². The van der Waals surface area contributed by atoms with E-state index in [4.69, 9.17) is 0 Å². The van der Waals surface area contributed by atoms with Crippen molar-refractivity contribution in [1.82, 2.24) is 5.32 Å². The van der Waals surface area contributed by atoms with Gasteiger partial charge in [0.25, 0.3) is 0 Å². The molecule has 0 aromatic heterocycles. The number of rotatable bonds is 3. The first-order chi connectivity index (χ1) is 6.84. The highest BCUT2D eigenvalue weighted by atomic mass is 14.9. The zero-order valence-electron chi connectivity index (χ0n) is 9.60. The van der Waals surface area contributed by atoms with Crippen LogP contribution in [0.2, 0.25) is 0 Å². The summed E-state index contributed by atoms with van der Waals surface area (Å²) in [5, 5.41) is 3.78. The lowest BCUT2D eigenvalue weighted by Crippen LogP contribution is -2.32. The number of hydrogen-bond acceptors (Lipinski definition) is 1. The van der Waals surface area contributed by atoms with Crippen molar-refractivity contribution in [2.24, 2.45) is 11.8 Å². The molecule has 0 spiro atoms. The molecule has 0 heterocycles. The smallest absolute Gasteiger partial charge is 0.00698 e. The van der Waals surface area contributed by atoms with Gasteiger partial charge in [0.2, 0.25) is 0 Å². The van der Waals surface area contributed by atoms with Crippen molar-refractivity contribution >= 4 is 0 Å². The number of hydrogen-bond donors (Lipinski definition) is 1. The Labute approximate surface area is 88.7 Å². The Morgan fingerprint density at radius 1 is 1.00 bits per heavy atom. The summed E-state index contributed by atoms with van der Waals surface area (Å²) in [6.07, 6.45) is 11.7. The second kappa shape index (κ2) is 5.16. The van der Waals surface area contributed by atoms with Crippen molar-refractivity contribution in [1.29, 1.82) is 0 Å². The molecule has 1 N–H and O–H groups in total. The van der Waals surface area contributed by atoms with Crippen molar-refractivity contribution in [3.63, 3.8) is 0 Å². The van der Waals surface area contributed by atoms with E-state index in [0.717, 1.165) is 17.9 Å². The standard InChI is InChI=1S/C13H25N/c1-11-7-8-13(9-11)14-10-12-5-3-2-4-6-12/h11-14H,2-10H2,1H3. The molecular formula is C13H25N. The minimum absolute atomic E-state index is 0.854. The molecule has 2 fully saturated rings. The van der Waals surface area contributed by atoms with Crippen LogP contribution in [0, 0.1) is 11.8 Å². The number of nitrogens with one attached hydrogen (secondary N) is 1. The van der Waals surface area contributed by atoms with Crippen LogP contribution in [0.1, 0.15) is 58.3 Å². The van der Waals surface area contributed by atoms with Crippen molar-refractivity contribution in [3.05, 3.63) is 0 Å². The maximum atomic E-state index is 3.78. The van der Waals surface area contributed by atoms with Gasteiger partial charge >= 0.3 is 0 Å². The van der Waals surface area contributed by atoms with E-state index < -0.39 is 0 Å². The molecule has 1 nitrogen and oxygen atoms in total. The van der Waals surface area contributed by atoms with Gasteiger partial charge in [-0.1, -0.05) is 26.2 Å². The topological polar surface area (TPSA) is 12.0 Å². The molecule has 0 saturated heterocycles. The summed E-state index contributed by atoms with van der Waals surface area (Å²) in [6.45, 7) is 3.69. The van der Waals surface area contributed by atoms with Gasteiger partial charge in [0.05, 0.1) is 0 Å². The maximum Gasteiger partial charge on any atom is 0.00698 e. The Balaban J connectivity index is 1.61. The minimum Gasteiger partial charge on any atom is -0.314 e. The van der Waals surface area contributed by atoms with E-state index in [9.17, 15) is 0 Å². The molecule has 14 heavy (non-hydrogen) atoms. The summed E-state index contributed by atoms with van der Waals surface area (Å²) >= 11 is 0. The molecule has 0 aromatic carbocycles. The van der Waals surface area contributed by atoms with E-state index >= 15 is 0 Å². The first kappa shape index (κ1) is 10.5. The summed E-state index contributed by atoms with van der Waals surface area (Å²) < 4.78 is 0. The summed E-state index contributed by atoms with van der Waals surface area (Å²) in [7, 11) is 0. The van der Waals surface area contributed by atoms with Gasteiger partial charge in [0.15, 0.2) is 0 Å². The highest BCUT2D eigenvalue weighted by Crippen LogP contribution is 2.26. The average molecular weight is 195 g/mol. The molecule has 2 unspecified atom stereocenters. The third kappa shape index (κ3) is 2.98. The highest BCUT2D eigenvalue weighted by Gasteiger charge is 2.22. The fourth-order valence-corrected chi connectivity index (χ4v) is 3.12. The van der Waals surface area contributed by atoms with Crippen LogP contribution in [0.25, 0.3) is 0 Å². The lowest BCUT2D eigenvalue weighted by molar-refractivity contribution is 0.326. The van der Waals surface area contributed by atoms with Crippen molar-refractivity contribution in [3.8, 4) is 0 Å². The Bertz CT molecular complexity index is 156. The quantitative estimate of drug-likeness (QED) is 0.728. The van der Waals surface area contributed by atoms with Crippen LogP contribution < -0.4 is 5.32 Å². The SMILES string of the molecule is CC1CCC(NCC2CCCCC2)C1. The Kier molecular flexibility index (Phi) is 3.86. The fourth-order valence-electron chi connectivity index (χ4n) is 3.12. The molecule has 0 aliphatic heterocycles. The molecule has 2 aliphatic rings. The van der Waals surface area contributed by atoms with E-state index in [-0.39, 0.29) is 0 Å². The molecule has 2 aliphatic carbocycles. The van der Waals surface area contributed by atoms with Crippen LogP contribution >= 0.6 is 0 Å². The molecule has 0 bridgehead atoms. The molecule has 0 aromatic rings. The monoisotopic (exact) mass is 195 g/mol. The molecule has 2 saturated carbocycles. The van der Waals surface area contributed by atoms with Crippen molar-refractivity contribution in [2.45, 2.75) is 64.3 Å². The summed E-state index contributed by atoms with van der Waals surface area (Å²) in [5.41, 5.74) is 0.